The Morgan fingerprint density at radius 2 is 1.16 bits per heavy atom. The van der Waals surface area contributed by atoms with Crippen molar-refractivity contribution in [3.63, 3.8) is 0 Å². The molecule has 1 rings (SSSR count). The lowest BCUT2D eigenvalue weighted by Crippen LogP contribution is -2.11. The Hall–Kier alpha value is -0.780. The molecule has 0 spiro atoms. The molecule has 0 aliphatic rings. The van der Waals surface area contributed by atoms with Crippen LogP contribution in [-0.2, 0) is 25.7 Å². The maximum atomic E-state index is 2.62. The van der Waals surface area contributed by atoms with Crippen LogP contribution in [0.2, 0.25) is 0 Å². The molecule has 0 saturated heterocycles. The highest BCUT2D eigenvalue weighted by Gasteiger charge is 2.19. The maximum Gasteiger partial charge on any atom is -0.0185 e. The minimum absolute atomic E-state index is 0.714. The lowest BCUT2D eigenvalue weighted by atomic mass is 9.79. The van der Waals surface area contributed by atoms with Crippen LogP contribution in [-0.4, -0.2) is 0 Å². The zero-order chi connectivity index (χ0) is 18.7. The van der Waals surface area contributed by atoms with Crippen molar-refractivity contribution in [2.75, 3.05) is 0 Å². The van der Waals surface area contributed by atoms with Crippen LogP contribution < -0.4 is 0 Å². The normalized spacial score (nSPS) is 12.6. The summed E-state index contributed by atoms with van der Waals surface area (Å²) >= 11 is 0. The van der Waals surface area contributed by atoms with Crippen molar-refractivity contribution in [1.82, 2.24) is 0 Å². The highest BCUT2D eigenvalue weighted by Crippen LogP contribution is 2.34. The van der Waals surface area contributed by atoms with Gasteiger partial charge in [0.05, 0.1) is 0 Å². The van der Waals surface area contributed by atoms with E-state index in [2.05, 4.69) is 47.6 Å². The zero-order valence-corrected chi connectivity index (χ0v) is 18.1. The van der Waals surface area contributed by atoms with Crippen molar-refractivity contribution in [1.29, 1.82) is 0 Å². The molecule has 1 unspecified atom stereocenters. The van der Waals surface area contributed by atoms with Crippen LogP contribution >= 0.6 is 0 Å². The van der Waals surface area contributed by atoms with Crippen LogP contribution in [0.25, 0.3) is 0 Å². The molecule has 0 aliphatic carbocycles. The Labute approximate surface area is 158 Å². The molecule has 0 fully saturated rings. The van der Waals surface area contributed by atoms with E-state index in [-0.39, 0.29) is 0 Å². The summed E-state index contributed by atoms with van der Waals surface area (Å²) in [6.45, 7) is 14.2. The first-order valence-electron chi connectivity index (χ1n) is 11.3. The number of unbranched alkanes of at least 4 members (excludes halogenated alkanes) is 4. The first kappa shape index (κ1) is 22.3. The zero-order valence-electron chi connectivity index (χ0n) is 18.1. The molecule has 0 saturated carbocycles. The molecule has 0 nitrogen and oxygen atoms in total. The molecule has 25 heavy (non-hydrogen) atoms. The largest absolute Gasteiger partial charge is 0.0654 e. The van der Waals surface area contributed by atoms with Gasteiger partial charge in [-0.2, -0.15) is 0 Å². The average Bonchev–Trinajstić information content (AvgIpc) is 2.61. The van der Waals surface area contributed by atoms with Gasteiger partial charge in [0, 0.05) is 0 Å². The van der Waals surface area contributed by atoms with Crippen molar-refractivity contribution in [3.8, 4) is 0 Å². The fourth-order valence-electron chi connectivity index (χ4n) is 4.50. The summed E-state index contributed by atoms with van der Waals surface area (Å²) < 4.78 is 0. The Balaban J connectivity index is 3.33. The molecule has 1 aromatic carbocycles. The minimum Gasteiger partial charge on any atom is -0.0654 e. The fraction of sp³-hybridized carbons (Fsp3) is 0.760. The van der Waals surface area contributed by atoms with Gasteiger partial charge in [-0.1, -0.05) is 79.7 Å². The number of hydrogen-bond acceptors (Lipinski definition) is 0. The van der Waals surface area contributed by atoms with Crippen LogP contribution in [0.4, 0.5) is 0 Å². The topological polar surface area (TPSA) is 0 Å². The van der Waals surface area contributed by atoms with E-state index in [1.54, 1.807) is 27.8 Å². The van der Waals surface area contributed by atoms with Crippen LogP contribution in [0.3, 0.4) is 0 Å². The summed E-state index contributed by atoms with van der Waals surface area (Å²) in [6, 6.07) is 2.62. The summed E-state index contributed by atoms with van der Waals surface area (Å²) in [6.07, 6.45) is 15.7. The monoisotopic (exact) mass is 344 g/mol. The molecule has 0 amide bonds. The summed E-state index contributed by atoms with van der Waals surface area (Å²) in [5.74, 6) is 0.714. The Kier molecular flexibility index (Phi) is 11.2. The third-order valence-electron chi connectivity index (χ3n) is 5.79. The van der Waals surface area contributed by atoms with Gasteiger partial charge in [-0.3, -0.25) is 0 Å². The van der Waals surface area contributed by atoms with E-state index >= 15 is 0 Å². The first-order valence-corrected chi connectivity index (χ1v) is 11.3. The lowest BCUT2D eigenvalue weighted by Gasteiger charge is -2.26. The molecule has 0 N–H and O–H groups in total. The van der Waals surface area contributed by atoms with Gasteiger partial charge in [0.25, 0.3) is 0 Å². The molecule has 0 aromatic heterocycles. The lowest BCUT2D eigenvalue weighted by molar-refractivity contribution is 0.642. The van der Waals surface area contributed by atoms with Crippen LogP contribution in [0, 0.1) is 0 Å². The van der Waals surface area contributed by atoms with Crippen molar-refractivity contribution < 1.29 is 0 Å². The highest BCUT2D eigenvalue weighted by molar-refractivity contribution is 5.48. The van der Waals surface area contributed by atoms with E-state index in [0.29, 0.717) is 5.92 Å². The summed E-state index contributed by atoms with van der Waals surface area (Å²) in [5, 5.41) is 0. The number of rotatable bonds is 13. The molecular weight excluding hydrogens is 300 g/mol. The Bertz CT molecular complexity index is 447. The van der Waals surface area contributed by atoms with Crippen molar-refractivity contribution in [2.45, 2.75) is 125 Å². The standard InChI is InChI=1S/C25H44/c1-7-12-14-17-21-19-22(18-15-13-8-2)24(11-5)25(23(21)10-4)20(6)16-9-3/h19-20H,7-18H2,1-6H3. The van der Waals surface area contributed by atoms with Crippen molar-refractivity contribution in [3.05, 3.63) is 33.9 Å². The van der Waals surface area contributed by atoms with Gasteiger partial charge in [-0.15, -0.1) is 0 Å². The van der Waals surface area contributed by atoms with Gasteiger partial charge < -0.3 is 0 Å². The number of aryl methyl sites for hydroxylation is 2. The summed E-state index contributed by atoms with van der Waals surface area (Å²) in [5.41, 5.74) is 8.50. The van der Waals surface area contributed by atoms with Crippen molar-refractivity contribution >= 4 is 0 Å². The molecule has 0 aliphatic heterocycles. The van der Waals surface area contributed by atoms with Gasteiger partial charge >= 0.3 is 0 Å². The first-order chi connectivity index (χ1) is 12.1. The fourth-order valence-corrected chi connectivity index (χ4v) is 4.50. The van der Waals surface area contributed by atoms with Gasteiger partial charge in [-0.25, -0.2) is 0 Å². The van der Waals surface area contributed by atoms with Crippen LogP contribution in [0.1, 0.15) is 127 Å². The van der Waals surface area contributed by atoms with Crippen LogP contribution in [0.5, 0.6) is 0 Å². The highest BCUT2D eigenvalue weighted by atomic mass is 14.2. The Morgan fingerprint density at radius 1 is 0.680 bits per heavy atom. The van der Waals surface area contributed by atoms with Crippen LogP contribution in [0.15, 0.2) is 6.07 Å². The second-order valence-corrected chi connectivity index (χ2v) is 7.88. The molecule has 0 heteroatoms. The smallest absolute Gasteiger partial charge is 0.0185 e. The van der Waals surface area contributed by atoms with E-state index in [9.17, 15) is 0 Å². The molecule has 1 atom stereocenters. The summed E-state index contributed by atoms with van der Waals surface area (Å²) in [7, 11) is 0. The average molecular weight is 345 g/mol. The van der Waals surface area contributed by atoms with E-state index in [0.717, 1.165) is 0 Å². The number of hydrogen-bond donors (Lipinski definition) is 0. The van der Waals surface area contributed by atoms with Gasteiger partial charge in [-0.05, 0) is 78.7 Å². The second-order valence-electron chi connectivity index (χ2n) is 7.88. The third-order valence-corrected chi connectivity index (χ3v) is 5.79. The molecular formula is C25H44. The molecule has 0 radical (unpaired) electrons. The number of benzene rings is 1. The van der Waals surface area contributed by atoms with E-state index < -0.39 is 0 Å². The van der Waals surface area contributed by atoms with Gasteiger partial charge in [0.2, 0.25) is 0 Å². The third kappa shape index (κ3) is 6.46. The molecule has 0 bridgehead atoms. The van der Waals surface area contributed by atoms with E-state index in [4.69, 9.17) is 0 Å². The quantitative estimate of drug-likeness (QED) is 0.316. The van der Waals surface area contributed by atoms with Crippen molar-refractivity contribution in [2.24, 2.45) is 0 Å². The molecule has 0 heterocycles. The minimum atomic E-state index is 0.714. The molecule has 1 aromatic rings. The second kappa shape index (κ2) is 12.6. The predicted octanol–water partition coefficient (Wildman–Crippen LogP) is 8.18. The predicted molar refractivity (Wildman–Crippen MR) is 115 cm³/mol. The Morgan fingerprint density at radius 3 is 1.52 bits per heavy atom. The van der Waals surface area contributed by atoms with Gasteiger partial charge in [0.1, 0.15) is 0 Å². The van der Waals surface area contributed by atoms with E-state index in [1.807, 2.05) is 0 Å². The molecule has 144 valence electrons. The van der Waals surface area contributed by atoms with Gasteiger partial charge in [0.15, 0.2) is 0 Å². The van der Waals surface area contributed by atoms with E-state index in [1.165, 1.54) is 77.0 Å². The maximum absolute atomic E-state index is 2.62. The SMILES string of the molecule is CCCCCc1cc(CCCCC)c(CC)c(C(C)CCC)c1CC. The summed E-state index contributed by atoms with van der Waals surface area (Å²) in [4.78, 5) is 0.